The predicted molar refractivity (Wildman–Crippen MR) is 119 cm³/mol. The van der Waals surface area contributed by atoms with Gasteiger partial charge in [-0.1, -0.05) is 19.3 Å². The fourth-order valence-corrected chi connectivity index (χ4v) is 4.08. The summed E-state index contributed by atoms with van der Waals surface area (Å²) in [5.74, 6) is 2.12. The number of aliphatic imine (C=N–C) groups is 1. The van der Waals surface area contributed by atoms with Crippen LogP contribution in [0, 0.1) is 0 Å². The summed E-state index contributed by atoms with van der Waals surface area (Å²) < 4.78 is 5.28. The topological polar surface area (TPSA) is 62.7 Å². The number of carbonyl (C=O) groups excluding carboxylic acids is 1. The second-order valence-corrected chi connectivity index (χ2v) is 8.26. The van der Waals surface area contributed by atoms with Gasteiger partial charge in [-0.15, -0.1) is 24.0 Å². The average molecular weight is 485 g/mol. The molecule has 1 unspecified atom stereocenters. The molecule has 2 N–H and O–H groups in total. The first-order valence-electron chi connectivity index (χ1n) is 9.34. The lowest BCUT2D eigenvalue weighted by molar-refractivity contribution is -0.143. The van der Waals surface area contributed by atoms with Crippen molar-refractivity contribution in [3.05, 3.63) is 0 Å². The molecule has 5 nitrogen and oxygen atoms in total. The second kappa shape index (κ2) is 14.9. The number of hydrogen-bond donors (Lipinski definition) is 2. The van der Waals surface area contributed by atoms with E-state index in [0.29, 0.717) is 17.8 Å². The maximum atomic E-state index is 11.2. The maximum absolute atomic E-state index is 11.2. The number of nitrogens with one attached hydrogen (secondary N) is 2. The summed E-state index contributed by atoms with van der Waals surface area (Å²) in [5.41, 5.74) is 0. The summed E-state index contributed by atoms with van der Waals surface area (Å²) in [6.45, 7) is 6.59. The average Bonchev–Trinajstić information content (AvgIpc) is 3.00. The Morgan fingerprint density at radius 1 is 1.20 bits per heavy atom. The van der Waals surface area contributed by atoms with Gasteiger partial charge in [0.25, 0.3) is 0 Å². The second-order valence-electron chi connectivity index (χ2n) is 6.58. The lowest BCUT2D eigenvalue weighted by Gasteiger charge is -2.24. The molecule has 1 atom stereocenters. The van der Waals surface area contributed by atoms with Crippen molar-refractivity contribution >= 4 is 47.7 Å². The molecule has 0 aromatic rings. The molecule has 0 bridgehead atoms. The normalized spacial score (nSPS) is 20.0. The van der Waals surface area contributed by atoms with Crippen LogP contribution in [0.25, 0.3) is 0 Å². The van der Waals surface area contributed by atoms with Crippen LogP contribution in [0.4, 0.5) is 0 Å². The van der Waals surface area contributed by atoms with Crippen molar-refractivity contribution in [3.63, 3.8) is 0 Å². The molecule has 0 aromatic carbocycles. The van der Waals surface area contributed by atoms with Crippen molar-refractivity contribution < 1.29 is 9.53 Å². The largest absolute Gasteiger partial charge is 0.466 e. The summed E-state index contributed by atoms with van der Waals surface area (Å²) >= 11 is 2.06. The first-order valence-corrected chi connectivity index (χ1v) is 10.3. The zero-order chi connectivity index (χ0) is 17.7. The third kappa shape index (κ3) is 11.9. The number of hydrogen-bond acceptors (Lipinski definition) is 4. The van der Waals surface area contributed by atoms with Crippen molar-refractivity contribution in [1.29, 1.82) is 0 Å². The molecule has 1 fully saturated rings. The Morgan fingerprint density at radius 3 is 2.56 bits per heavy atom. The standard InChI is InChI=1S/C18H35N3O2S.HI/c1-4-23-16(22)11-8-6-5-7-9-13-20-17(19-3)21-15-18(2)12-10-14-24-18;/h4-15H2,1-3H3,(H2,19,20,21);1H. The van der Waals surface area contributed by atoms with E-state index in [1.165, 1.54) is 31.4 Å². The van der Waals surface area contributed by atoms with Gasteiger partial charge in [-0.05, 0) is 45.3 Å². The highest BCUT2D eigenvalue weighted by molar-refractivity contribution is 14.0. The minimum Gasteiger partial charge on any atom is -0.466 e. The number of unbranched alkanes of at least 4 members (excludes halogenated alkanes) is 4. The van der Waals surface area contributed by atoms with Gasteiger partial charge < -0.3 is 15.4 Å². The molecule has 1 aliphatic rings. The highest BCUT2D eigenvalue weighted by Crippen LogP contribution is 2.36. The molecule has 1 saturated heterocycles. The number of rotatable bonds is 11. The van der Waals surface area contributed by atoms with E-state index < -0.39 is 0 Å². The lowest BCUT2D eigenvalue weighted by Crippen LogP contribution is -2.43. The van der Waals surface area contributed by atoms with Gasteiger partial charge in [-0.25, -0.2) is 0 Å². The minimum absolute atomic E-state index is 0. The smallest absolute Gasteiger partial charge is 0.305 e. The SMILES string of the molecule is CCOC(=O)CCCCCCCNC(=NC)NCC1(C)CCCS1.I. The number of esters is 1. The van der Waals surface area contributed by atoms with Gasteiger partial charge in [0.05, 0.1) is 6.61 Å². The van der Waals surface area contributed by atoms with Gasteiger partial charge in [-0.3, -0.25) is 9.79 Å². The van der Waals surface area contributed by atoms with E-state index in [1.54, 1.807) is 0 Å². The Hall–Kier alpha value is -0.180. The zero-order valence-corrected chi connectivity index (χ0v) is 19.2. The molecule has 0 radical (unpaired) electrons. The van der Waals surface area contributed by atoms with E-state index >= 15 is 0 Å². The van der Waals surface area contributed by atoms with Crippen LogP contribution in [0.1, 0.15) is 65.2 Å². The summed E-state index contributed by atoms with van der Waals surface area (Å²) in [5, 5.41) is 6.85. The molecular weight excluding hydrogens is 449 g/mol. The van der Waals surface area contributed by atoms with Gasteiger partial charge in [0, 0.05) is 31.3 Å². The molecule has 1 heterocycles. The Kier molecular flexibility index (Phi) is 14.8. The molecule has 0 amide bonds. The third-order valence-corrected chi connectivity index (χ3v) is 5.85. The Balaban J connectivity index is 0.00000576. The zero-order valence-electron chi connectivity index (χ0n) is 16.1. The first-order chi connectivity index (χ1) is 11.6. The molecule has 1 rings (SSSR count). The van der Waals surface area contributed by atoms with Gasteiger partial charge >= 0.3 is 5.97 Å². The summed E-state index contributed by atoms with van der Waals surface area (Å²) in [4.78, 5) is 15.5. The van der Waals surface area contributed by atoms with Crippen LogP contribution in [-0.2, 0) is 9.53 Å². The van der Waals surface area contributed by atoms with Crippen LogP contribution in [-0.4, -0.2) is 49.2 Å². The molecular formula is C18H36IN3O2S. The molecule has 0 aliphatic carbocycles. The fourth-order valence-electron chi connectivity index (χ4n) is 2.83. The van der Waals surface area contributed by atoms with Crippen LogP contribution in [0.2, 0.25) is 0 Å². The maximum Gasteiger partial charge on any atom is 0.305 e. The van der Waals surface area contributed by atoms with E-state index in [-0.39, 0.29) is 29.9 Å². The van der Waals surface area contributed by atoms with Crippen LogP contribution >= 0.6 is 35.7 Å². The molecule has 7 heteroatoms. The number of halogens is 1. The van der Waals surface area contributed by atoms with E-state index in [0.717, 1.165) is 38.3 Å². The fraction of sp³-hybridized carbons (Fsp3) is 0.889. The molecule has 148 valence electrons. The highest BCUT2D eigenvalue weighted by atomic mass is 127. The molecule has 0 aromatic heterocycles. The number of guanidine groups is 1. The Bertz CT molecular complexity index is 389. The Labute approximate surface area is 174 Å². The molecule has 25 heavy (non-hydrogen) atoms. The van der Waals surface area contributed by atoms with Crippen molar-refractivity contribution in [2.75, 3.05) is 32.5 Å². The van der Waals surface area contributed by atoms with E-state index in [4.69, 9.17) is 4.74 Å². The summed E-state index contributed by atoms with van der Waals surface area (Å²) in [7, 11) is 1.83. The summed E-state index contributed by atoms with van der Waals surface area (Å²) in [6, 6.07) is 0. The van der Waals surface area contributed by atoms with Crippen LogP contribution < -0.4 is 10.6 Å². The van der Waals surface area contributed by atoms with Crippen LogP contribution in [0.15, 0.2) is 4.99 Å². The quantitative estimate of drug-likeness (QED) is 0.153. The van der Waals surface area contributed by atoms with Crippen molar-refractivity contribution in [2.24, 2.45) is 4.99 Å². The number of nitrogens with zero attached hydrogens (tertiary/aromatic N) is 1. The van der Waals surface area contributed by atoms with Gasteiger partial charge in [0.15, 0.2) is 5.96 Å². The molecule has 1 aliphatic heterocycles. The van der Waals surface area contributed by atoms with Crippen LogP contribution in [0.3, 0.4) is 0 Å². The highest BCUT2D eigenvalue weighted by Gasteiger charge is 2.29. The third-order valence-electron chi connectivity index (χ3n) is 4.31. The first kappa shape index (κ1) is 24.8. The van der Waals surface area contributed by atoms with Gasteiger partial charge in [0.2, 0.25) is 0 Å². The number of ether oxygens (including phenoxy) is 1. The van der Waals surface area contributed by atoms with E-state index in [2.05, 4.69) is 34.3 Å². The van der Waals surface area contributed by atoms with Crippen molar-refractivity contribution in [1.82, 2.24) is 10.6 Å². The van der Waals surface area contributed by atoms with Crippen molar-refractivity contribution in [3.8, 4) is 0 Å². The molecule has 0 saturated carbocycles. The molecule has 0 spiro atoms. The lowest BCUT2D eigenvalue weighted by atomic mass is 10.1. The predicted octanol–water partition coefficient (Wildman–Crippen LogP) is 3.96. The van der Waals surface area contributed by atoms with E-state index in [1.807, 2.05) is 14.0 Å². The van der Waals surface area contributed by atoms with Crippen molar-refractivity contribution in [2.45, 2.75) is 70.0 Å². The number of thioether (sulfide) groups is 1. The van der Waals surface area contributed by atoms with E-state index in [9.17, 15) is 4.79 Å². The Morgan fingerprint density at radius 2 is 1.92 bits per heavy atom. The van der Waals surface area contributed by atoms with Gasteiger partial charge in [0.1, 0.15) is 0 Å². The van der Waals surface area contributed by atoms with Gasteiger partial charge in [-0.2, -0.15) is 11.8 Å². The van der Waals surface area contributed by atoms with Crippen LogP contribution in [0.5, 0.6) is 0 Å². The minimum atomic E-state index is -0.0665. The number of carbonyl (C=O) groups is 1. The summed E-state index contributed by atoms with van der Waals surface area (Å²) in [6.07, 6.45) is 8.68. The monoisotopic (exact) mass is 485 g/mol.